The highest BCUT2D eigenvalue weighted by atomic mass is 16.5. The van der Waals surface area contributed by atoms with Gasteiger partial charge in [0.05, 0.1) is 13.8 Å². The van der Waals surface area contributed by atoms with Crippen LogP contribution in [-0.4, -0.2) is 39.8 Å². The van der Waals surface area contributed by atoms with E-state index in [1.54, 1.807) is 7.11 Å². The number of hydrogen-bond donors (Lipinski definition) is 3. The molecule has 2 aromatic carbocycles. The largest absolute Gasteiger partial charge is 0.497 e. The zero-order valence-corrected chi connectivity index (χ0v) is 18.4. The molecule has 5 nitrogen and oxygen atoms in total. The number of anilines is 1. The average Bonchev–Trinajstić information content (AvgIpc) is 2.81. The fourth-order valence-electron chi connectivity index (χ4n) is 4.06. The Morgan fingerprint density at radius 3 is 2.53 bits per heavy atom. The number of benzene rings is 2. The van der Waals surface area contributed by atoms with Crippen LogP contribution in [0.1, 0.15) is 43.2 Å². The molecule has 1 saturated carbocycles. The lowest BCUT2D eigenvalue weighted by molar-refractivity contribution is 0.344. The van der Waals surface area contributed by atoms with E-state index in [0.717, 1.165) is 48.3 Å². The maximum absolute atomic E-state index is 5.25. The van der Waals surface area contributed by atoms with E-state index in [1.807, 2.05) is 25.2 Å². The van der Waals surface area contributed by atoms with Gasteiger partial charge in [0.25, 0.3) is 0 Å². The molecule has 0 unspecified atom stereocenters. The van der Waals surface area contributed by atoms with Crippen LogP contribution in [0.2, 0.25) is 0 Å². The Hall–Kier alpha value is -2.53. The predicted molar refractivity (Wildman–Crippen MR) is 127 cm³/mol. The van der Waals surface area contributed by atoms with Crippen molar-refractivity contribution in [2.75, 3.05) is 39.2 Å². The third-order valence-electron chi connectivity index (χ3n) is 5.82. The zero-order chi connectivity index (χ0) is 21.0. The number of ether oxygens (including phenoxy) is 1. The second kappa shape index (κ2) is 12.2. The molecule has 0 radical (unpaired) electrons. The molecule has 0 heterocycles. The van der Waals surface area contributed by atoms with Gasteiger partial charge in [-0.2, -0.15) is 0 Å². The van der Waals surface area contributed by atoms with Gasteiger partial charge < -0.3 is 15.4 Å². The second-order valence-electron chi connectivity index (χ2n) is 7.94. The molecule has 1 aliphatic carbocycles. The summed E-state index contributed by atoms with van der Waals surface area (Å²) < 4.78 is 5.25. The van der Waals surface area contributed by atoms with Crippen molar-refractivity contribution in [3.05, 3.63) is 59.7 Å². The lowest BCUT2D eigenvalue weighted by Crippen LogP contribution is -2.30. The Morgan fingerprint density at radius 1 is 1.03 bits per heavy atom. The summed E-state index contributed by atoms with van der Waals surface area (Å²) in [6.07, 6.45) is 7.79. The summed E-state index contributed by atoms with van der Waals surface area (Å²) in [5, 5.41) is 10.4. The Balaban J connectivity index is 1.59. The van der Waals surface area contributed by atoms with Crippen LogP contribution < -0.4 is 20.7 Å². The number of nitrogens with zero attached hydrogens (tertiary/aromatic N) is 1. The second-order valence-corrected chi connectivity index (χ2v) is 7.94. The molecule has 5 heteroatoms. The Kier molecular flexibility index (Phi) is 9.04. The molecular formula is C25H36N4O. The van der Waals surface area contributed by atoms with Crippen LogP contribution in [0.5, 0.6) is 5.75 Å². The molecule has 3 N–H and O–H groups in total. The van der Waals surface area contributed by atoms with Crippen LogP contribution >= 0.6 is 0 Å². The van der Waals surface area contributed by atoms with E-state index in [0.29, 0.717) is 6.67 Å². The molecule has 2 aromatic rings. The molecule has 0 aromatic heterocycles. The summed E-state index contributed by atoms with van der Waals surface area (Å²) in [6.45, 7) is 2.53. The Labute approximate surface area is 181 Å². The van der Waals surface area contributed by atoms with Gasteiger partial charge in [-0.05, 0) is 61.6 Å². The van der Waals surface area contributed by atoms with Gasteiger partial charge in [-0.15, -0.1) is 0 Å². The maximum atomic E-state index is 5.25. The van der Waals surface area contributed by atoms with Gasteiger partial charge in [-0.1, -0.05) is 43.5 Å². The summed E-state index contributed by atoms with van der Waals surface area (Å²) >= 11 is 0. The van der Waals surface area contributed by atoms with Crippen molar-refractivity contribution < 1.29 is 4.74 Å². The molecule has 0 bridgehead atoms. The van der Waals surface area contributed by atoms with Crippen molar-refractivity contribution in [1.82, 2.24) is 10.6 Å². The molecule has 0 aliphatic heterocycles. The van der Waals surface area contributed by atoms with Gasteiger partial charge in [0.1, 0.15) is 11.6 Å². The summed E-state index contributed by atoms with van der Waals surface area (Å²) in [7, 11) is 3.65. The van der Waals surface area contributed by atoms with Crippen LogP contribution in [0.4, 0.5) is 5.69 Å². The topological polar surface area (TPSA) is 57.7 Å². The number of nitrogens with one attached hydrogen (secondary N) is 3. The summed E-state index contributed by atoms with van der Waals surface area (Å²) in [5.41, 5.74) is 3.47. The predicted octanol–water partition coefficient (Wildman–Crippen LogP) is 4.44. The van der Waals surface area contributed by atoms with Crippen molar-refractivity contribution in [2.45, 2.75) is 38.5 Å². The minimum absolute atomic E-state index is 0.638. The van der Waals surface area contributed by atoms with Crippen LogP contribution in [0.3, 0.4) is 0 Å². The van der Waals surface area contributed by atoms with E-state index >= 15 is 0 Å². The highest BCUT2D eigenvalue weighted by Gasteiger charge is 2.13. The van der Waals surface area contributed by atoms with Crippen molar-refractivity contribution in [3.8, 4) is 5.75 Å². The first-order valence-electron chi connectivity index (χ1n) is 11.2. The molecular weight excluding hydrogens is 372 g/mol. The van der Waals surface area contributed by atoms with Gasteiger partial charge in [-0.3, -0.25) is 10.3 Å². The molecule has 162 valence electrons. The van der Waals surface area contributed by atoms with Crippen molar-refractivity contribution in [3.63, 3.8) is 0 Å². The molecule has 1 aliphatic rings. The smallest absolute Gasteiger partial charge is 0.131 e. The Bertz CT molecular complexity index is 782. The first-order chi connectivity index (χ1) is 14.8. The van der Waals surface area contributed by atoms with Crippen molar-refractivity contribution in [2.24, 2.45) is 10.9 Å². The summed E-state index contributed by atoms with van der Waals surface area (Å²) in [4.78, 5) is 4.88. The monoisotopic (exact) mass is 408 g/mol. The standard InChI is InChI=1S/C25H36N4O/c1-26-24-11-7-6-10-23(24)25(29-19-27-18-21-8-4-3-5-9-21)28-17-16-20-12-14-22(30-2)15-13-20/h6-7,10-15,21,26-27H,3-5,8-9,16-19H2,1-2H3,(H,28,29). The van der Waals surface area contributed by atoms with E-state index in [-0.39, 0.29) is 0 Å². The molecule has 0 amide bonds. The van der Waals surface area contributed by atoms with E-state index < -0.39 is 0 Å². The fraction of sp³-hybridized carbons (Fsp3) is 0.480. The highest BCUT2D eigenvalue weighted by Crippen LogP contribution is 2.22. The van der Waals surface area contributed by atoms with Crippen LogP contribution in [0, 0.1) is 5.92 Å². The van der Waals surface area contributed by atoms with E-state index in [4.69, 9.17) is 9.73 Å². The fourth-order valence-corrected chi connectivity index (χ4v) is 4.06. The van der Waals surface area contributed by atoms with Gasteiger partial charge in [0.2, 0.25) is 0 Å². The van der Waals surface area contributed by atoms with E-state index in [9.17, 15) is 0 Å². The first-order valence-corrected chi connectivity index (χ1v) is 11.2. The van der Waals surface area contributed by atoms with Gasteiger partial charge in [0.15, 0.2) is 0 Å². The molecule has 30 heavy (non-hydrogen) atoms. The SMILES string of the molecule is CNc1ccccc1/C(=N\CNCC1CCCCC1)NCCc1ccc(OC)cc1. The lowest BCUT2D eigenvalue weighted by Gasteiger charge is -2.21. The Morgan fingerprint density at radius 2 is 1.80 bits per heavy atom. The van der Waals surface area contributed by atoms with Crippen molar-refractivity contribution in [1.29, 1.82) is 0 Å². The van der Waals surface area contributed by atoms with E-state index in [2.05, 4.69) is 46.3 Å². The van der Waals surface area contributed by atoms with Gasteiger partial charge in [0, 0.05) is 24.8 Å². The zero-order valence-electron chi connectivity index (χ0n) is 18.4. The number of amidine groups is 1. The first kappa shape index (κ1) is 22.2. The van der Waals surface area contributed by atoms with Crippen LogP contribution in [0.15, 0.2) is 53.5 Å². The van der Waals surface area contributed by atoms with Crippen LogP contribution in [0.25, 0.3) is 0 Å². The average molecular weight is 409 g/mol. The lowest BCUT2D eigenvalue weighted by atomic mass is 9.89. The minimum atomic E-state index is 0.638. The molecule has 0 atom stereocenters. The molecule has 3 rings (SSSR count). The number of para-hydroxylation sites is 1. The third kappa shape index (κ3) is 6.77. The highest BCUT2D eigenvalue weighted by molar-refractivity contribution is 6.03. The minimum Gasteiger partial charge on any atom is -0.497 e. The quantitative estimate of drug-likeness (QED) is 0.309. The molecule has 0 spiro atoms. The number of rotatable bonds is 10. The summed E-state index contributed by atoms with van der Waals surface area (Å²) in [5.74, 6) is 2.63. The number of hydrogen-bond acceptors (Lipinski definition) is 4. The number of aliphatic imine (C=N–C) groups is 1. The van der Waals surface area contributed by atoms with Gasteiger partial charge >= 0.3 is 0 Å². The summed E-state index contributed by atoms with van der Waals surface area (Å²) in [6, 6.07) is 16.6. The molecule has 1 fully saturated rings. The van der Waals surface area contributed by atoms with Gasteiger partial charge in [-0.25, -0.2) is 0 Å². The van der Waals surface area contributed by atoms with E-state index in [1.165, 1.54) is 37.7 Å². The third-order valence-corrected chi connectivity index (χ3v) is 5.82. The number of methoxy groups -OCH3 is 1. The van der Waals surface area contributed by atoms with Crippen LogP contribution in [-0.2, 0) is 6.42 Å². The maximum Gasteiger partial charge on any atom is 0.131 e. The normalized spacial score (nSPS) is 15.1. The molecule has 0 saturated heterocycles. The van der Waals surface area contributed by atoms with Crippen molar-refractivity contribution >= 4 is 11.5 Å².